The first kappa shape index (κ1) is 13.6. The Morgan fingerprint density at radius 3 is 2.44 bits per heavy atom. The molecule has 1 aromatic rings. The van der Waals surface area contributed by atoms with Gasteiger partial charge in [-0.25, -0.2) is 0 Å². The van der Waals surface area contributed by atoms with E-state index in [-0.39, 0.29) is 0 Å². The summed E-state index contributed by atoms with van der Waals surface area (Å²) in [6.07, 6.45) is 3.64. The topological polar surface area (TPSA) is 15.3 Å². The zero-order valence-electron chi connectivity index (χ0n) is 12.2. The van der Waals surface area contributed by atoms with Gasteiger partial charge in [-0.1, -0.05) is 23.8 Å². The van der Waals surface area contributed by atoms with Gasteiger partial charge in [0.2, 0.25) is 0 Å². The highest BCUT2D eigenvalue weighted by Gasteiger charge is 2.32. The van der Waals surface area contributed by atoms with Crippen LogP contribution in [0.4, 0.5) is 0 Å². The number of nitrogens with one attached hydrogen (secondary N) is 1. The molecule has 1 N–H and O–H groups in total. The number of likely N-dealkylation sites (N-methyl/N-ethyl adjacent to an activating group) is 1. The van der Waals surface area contributed by atoms with Crippen molar-refractivity contribution in [2.75, 3.05) is 27.2 Å². The molecule has 0 aromatic heterocycles. The third-order valence-corrected chi connectivity index (χ3v) is 4.50. The van der Waals surface area contributed by atoms with Crippen LogP contribution in [0.15, 0.2) is 18.2 Å². The molecule has 0 amide bonds. The first-order chi connectivity index (χ1) is 8.54. The van der Waals surface area contributed by atoms with Gasteiger partial charge in [0.1, 0.15) is 0 Å². The lowest BCUT2D eigenvalue weighted by Crippen LogP contribution is -2.52. The second kappa shape index (κ2) is 5.41. The summed E-state index contributed by atoms with van der Waals surface area (Å²) in [4.78, 5) is 2.43. The summed E-state index contributed by atoms with van der Waals surface area (Å²) < 4.78 is 0. The highest BCUT2D eigenvalue weighted by Crippen LogP contribution is 2.27. The fourth-order valence-corrected chi connectivity index (χ4v) is 2.97. The molecule has 0 radical (unpaired) electrons. The maximum Gasteiger partial charge on any atom is 0.0243 e. The molecule has 0 spiro atoms. The van der Waals surface area contributed by atoms with Gasteiger partial charge in [-0.3, -0.25) is 0 Å². The van der Waals surface area contributed by atoms with E-state index in [0.717, 1.165) is 6.42 Å². The molecule has 0 unspecified atom stereocenters. The second-order valence-electron chi connectivity index (χ2n) is 5.94. The minimum Gasteiger partial charge on any atom is -0.314 e. The average molecular weight is 246 g/mol. The number of nitrogens with zero attached hydrogens (tertiary/aromatic N) is 1. The molecule has 0 aliphatic carbocycles. The average Bonchev–Trinajstić information content (AvgIpc) is 2.36. The van der Waals surface area contributed by atoms with E-state index < -0.39 is 0 Å². The molecule has 2 rings (SSSR count). The first-order valence-electron chi connectivity index (χ1n) is 6.98. The SMILES string of the molecule is CNC1(Cc2ccc(C)cc2C)CCN(C)CC1. The number of rotatable bonds is 3. The maximum atomic E-state index is 3.60. The van der Waals surface area contributed by atoms with Crippen molar-refractivity contribution >= 4 is 0 Å². The van der Waals surface area contributed by atoms with Gasteiger partial charge in [0.15, 0.2) is 0 Å². The van der Waals surface area contributed by atoms with E-state index in [0.29, 0.717) is 5.54 Å². The van der Waals surface area contributed by atoms with Crippen LogP contribution in [-0.2, 0) is 6.42 Å². The fraction of sp³-hybridized carbons (Fsp3) is 0.625. The summed E-state index contributed by atoms with van der Waals surface area (Å²) in [6, 6.07) is 6.84. The van der Waals surface area contributed by atoms with Gasteiger partial charge in [-0.05, 0) is 71.4 Å². The second-order valence-corrected chi connectivity index (χ2v) is 5.94. The summed E-state index contributed by atoms with van der Waals surface area (Å²) in [7, 11) is 4.34. The predicted octanol–water partition coefficient (Wildman–Crippen LogP) is 2.53. The Morgan fingerprint density at radius 2 is 1.89 bits per heavy atom. The Hall–Kier alpha value is -0.860. The van der Waals surface area contributed by atoms with Crippen LogP contribution < -0.4 is 5.32 Å². The largest absolute Gasteiger partial charge is 0.314 e. The first-order valence-corrected chi connectivity index (χ1v) is 6.98. The third-order valence-electron chi connectivity index (χ3n) is 4.50. The van der Waals surface area contributed by atoms with Gasteiger partial charge in [0.25, 0.3) is 0 Å². The Labute approximate surface area is 111 Å². The van der Waals surface area contributed by atoms with Crippen molar-refractivity contribution in [3.05, 3.63) is 34.9 Å². The molecule has 0 bridgehead atoms. The zero-order chi connectivity index (χ0) is 13.2. The van der Waals surface area contributed by atoms with Crippen LogP contribution in [0.3, 0.4) is 0 Å². The molecule has 0 atom stereocenters. The van der Waals surface area contributed by atoms with Crippen LogP contribution in [0, 0.1) is 13.8 Å². The molecular formula is C16H26N2. The van der Waals surface area contributed by atoms with Crippen LogP contribution in [0.1, 0.15) is 29.5 Å². The fourth-order valence-electron chi connectivity index (χ4n) is 2.97. The van der Waals surface area contributed by atoms with Gasteiger partial charge in [0.05, 0.1) is 0 Å². The lowest BCUT2D eigenvalue weighted by Gasteiger charge is -2.41. The van der Waals surface area contributed by atoms with Gasteiger partial charge >= 0.3 is 0 Å². The Bertz CT molecular complexity index is 404. The molecule has 1 aliphatic heterocycles. The van der Waals surface area contributed by atoms with E-state index in [4.69, 9.17) is 0 Å². The van der Waals surface area contributed by atoms with E-state index >= 15 is 0 Å². The van der Waals surface area contributed by atoms with Gasteiger partial charge in [0, 0.05) is 5.54 Å². The Kier molecular flexibility index (Phi) is 4.08. The summed E-state index contributed by atoms with van der Waals surface area (Å²) in [6.45, 7) is 6.80. The summed E-state index contributed by atoms with van der Waals surface area (Å²) >= 11 is 0. The van der Waals surface area contributed by atoms with Crippen molar-refractivity contribution < 1.29 is 0 Å². The van der Waals surface area contributed by atoms with Gasteiger partial charge in [-0.2, -0.15) is 0 Å². The molecule has 0 saturated carbocycles. The standard InChI is InChI=1S/C16H26N2/c1-13-5-6-15(14(2)11-13)12-16(17-3)7-9-18(4)10-8-16/h5-6,11,17H,7-10,12H2,1-4H3. The van der Waals surface area contributed by atoms with Crippen molar-refractivity contribution in [2.24, 2.45) is 0 Å². The van der Waals surface area contributed by atoms with Crippen molar-refractivity contribution in [1.29, 1.82) is 0 Å². The lowest BCUT2D eigenvalue weighted by molar-refractivity contribution is 0.163. The number of benzene rings is 1. The highest BCUT2D eigenvalue weighted by atomic mass is 15.1. The van der Waals surface area contributed by atoms with E-state index in [2.05, 4.69) is 56.4 Å². The Balaban J connectivity index is 2.15. The van der Waals surface area contributed by atoms with E-state index in [1.165, 1.54) is 42.6 Å². The number of hydrogen-bond acceptors (Lipinski definition) is 2. The van der Waals surface area contributed by atoms with Crippen LogP contribution in [-0.4, -0.2) is 37.6 Å². The smallest absolute Gasteiger partial charge is 0.0243 e. The minimum absolute atomic E-state index is 0.298. The van der Waals surface area contributed by atoms with E-state index in [1.54, 1.807) is 0 Å². The van der Waals surface area contributed by atoms with Gasteiger partial charge < -0.3 is 10.2 Å². The third kappa shape index (κ3) is 2.93. The molecule has 2 nitrogen and oxygen atoms in total. The minimum atomic E-state index is 0.298. The van der Waals surface area contributed by atoms with E-state index in [1.807, 2.05) is 0 Å². The van der Waals surface area contributed by atoms with Crippen molar-refractivity contribution in [1.82, 2.24) is 10.2 Å². The van der Waals surface area contributed by atoms with Crippen molar-refractivity contribution in [3.63, 3.8) is 0 Å². The molecule has 1 fully saturated rings. The molecule has 18 heavy (non-hydrogen) atoms. The van der Waals surface area contributed by atoms with Crippen LogP contribution in [0.2, 0.25) is 0 Å². The van der Waals surface area contributed by atoms with Crippen LogP contribution in [0.5, 0.6) is 0 Å². The molecule has 1 aliphatic rings. The van der Waals surface area contributed by atoms with Crippen molar-refractivity contribution in [2.45, 2.75) is 38.6 Å². The molecule has 1 saturated heterocycles. The summed E-state index contributed by atoms with van der Waals surface area (Å²) in [5.74, 6) is 0. The lowest BCUT2D eigenvalue weighted by atomic mass is 9.81. The summed E-state index contributed by atoms with van der Waals surface area (Å²) in [5, 5.41) is 3.60. The van der Waals surface area contributed by atoms with Crippen LogP contribution in [0.25, 0.3) is 0 Å². The van der Waals surface area contributed by atoms with Crippen molar-refractivity contribution in [3.8, 4) is 0 Å². The monoisotopic (exact) mass is 246 g/mol. The normalized spacial score (nSPS) is 20.0. The number of likely N-dealkylation sites (tertiary alicyclic amines) is 1. The van der Waals surface area contributed by atoms with Gasteiger partial charge in [-0.15, -0.1) is 0 Å². The molecule has 2 heteroatoms. The maximum absolute atomic E-state index is 3.60. The molecule has 1 heterocycles. The zero-order valence-corrected chi connectivity index (χ0v) is 12.2. The highest BCUT2D eigenvalue weighted by molar-refractivity contribution is 5.32. The summed E-state index contributed by atoms with van der Waals surface area (Å²) in [5.41, 5.74) is 4.59. The number of hydrogen-bond donors (Lipinski definition) is 1. The van der Waals surface area contributed by atoms with E-state index in [9.17, 15) is 0 Å². The number of aryl methyl sites for hydroxylation is 2. The molecule has 100 valence electrons. The molecule has 1 aromatic carbocycles. The molecular weight excluding hydrogens is 220 g/mol. The number of piperidine rings is 1. The van der Waals surface area contributed by atoms with Crippen LogP contribution >= 0.6 is 0 Å². The quantitative estimate of drug-likeness (QED) is 0.881. The Morgan fingerprint density at radius 1 is 1.22 bits per heavy atom. The predicted molar refractivity (Wildman–Crippen MR) is 78.1 cm³/mol.